The van der Waals surface area contributed by atoms with Gasteiger partial charge in [-0.05, 0) is 23.8 Å². The number of rotatable bonds is 4. The molecule has 0 spiro atoms. The van der Waals surface area contributed by atoms with Crippen molar-refractivity contribution in [2.45, 2.75) is 10.6 Å². The van der Waals surface area contributed by atoms with E-state index in [0.29, 0.717) is 16.5 Å². The predicted molar refractivity (Wildman–Crippen MR) is 81.3 cm³/mol. The molecule has 0 aliphatic carbocycles. The molecular weight excluding hydrogens is 321 g/mol. The van der Waals surface area contributed by atoms with Gasteiger partial charge in [-0.3, -0.25) is 10.1 Å². The fourth-order valence-electron chi connectivity index (χ4n) is 1.52. The quantitative estimate of drug-likeness (QED) is 0.517. The second-order valence-corrected chi connectivity index (χ2v) is 5.62. The van der Waals surface area contributed by atoms with Gasteiger partial charge in [0.15, 0.2) is 0 Å². The Balaban J connectivity index is 2.18. The van der Waals surface area contributed by atoms with Gasteiger partial charge in [0.25, 0.3) is 5.69 Å². The summed E-state index contributed by atoms with van der Waals surface area (Å²) in [5, 5.41) is 10.9. The Morgan fingerprint density at radius 2 is 2.05 bits per heavy atom. The van der Waals surface area contributed by atoms with Gasteiger partial charge < -0.3 is 5.73 Å². The van der Waals surface area contributed by atoms with E-state index in [1.807, 2.05) is 6.07 Å². The van der Waals surface area contributed by atoms with E-state index in [2.05, 4.69) is 4.98 Å². The highest BCUT2D eigenvalue weighted by atomic mass is 35.5. The SMILES string of the molecule is Nc1cc(CSc2ccc([N+](=O)[O-])c(Cl)c2Cl)ccn1. The minimum atomic E-state index is -0.563. The van der Waals surface area contributed by atoms with Crippen LogP contribution in [0.3, 0.4) is 0 Å². The lowest BCUT2D eigenvalue weighted by Crippen LogP contribution is -1.92. The zero-order valence-corrected chi connectivity index (χ0v) is 12.4. The van der Waals surface area contributed by atoms with Gasteiger partial charge in [-0.2, -0.15) is 0 Å². The maximum atomic E-state index is 10.7. The zero-order valence-electron chi connectivity index (χ0n) is 10.0. The highest BCUT2D eigenvalue weighted by Gasteiger charge is 2.18. The van der Waals surface area contributed by atoms with Crippen LogP contribution < -0.4 is 5.73 Å². The zero-order chi connectivity index (χ0) is 14.7. The molecule has 1 aromatic heterocycles. The van der Waals surface area contributed by atoms with E-state index in [1.54, 1.807) is 18.3 Å². The van der Waals surface area contributed by atoms with Crippen molar-refractivity contribution >= 4 is 46.5 Å². The van der Waals surface area contributed by atoms with E-state index >= 15 is 0 Å². The lowest BCUT2D eigenvalue weighted by molar-refractivity contribution is -0.384. The molecule has 0 atom stereocenters. The van der Waals surface area contributed by atoms with Crippen LogP contribution in [0.15, 0.2) is 35.4 Å². The molecule has 20 heavy (non-hydrogen) atoms. The van der Waals surface area contributed by atoms with E-state index in [1.165, 1.54) is 17.8 Å². The second kappa shape index (κ2) is 6.30. The van der Waals surface area contributed by atoms with Gasteiger partial charge in [0.2, 0.25) is 0 Å². The number of pyridine rings is 1. The van der Waals surface area contributed by atoms with Crippen LogP contribution in [0.1, 0.15) is 5.56 Å². The van der Waals surface area contributed by atoms with E-state index in [4.69, 9.17) is 28.9 Å². The number of nitrogens with two attached hydrogens (primary N) is 1. The number of anilines is 1. The third-order valence-corrected chi connectivity index (χ3v) is 4.58. The Labute approximate surface area is 129 Å². The van der Waals surface area contributed by atoms with Gasteiger partial charge in [-0.15, -0.1) is 11.8 Å². The van der Waals surface area contributed by atoms with Gasteiger partial charge in [0, 0.05) is 22.9 Å². The molecule has 0 bridgehead atoms. The number of hydrogen-bond acceptors (Lipinski definition) is 5. The molecule has 0 radical (unpaired) electrons. The number of thioether (sulfide) groups is 1. The topological polar surface area (TPSA) is 82.0 Å². The molecule has 2 N–H and O–H groups in total. The minimum absolute atomic E-state index is 0.0455. The number of hydrogen-bond donors (Lipinski definition) is 1. The van der Waals surface area contributed by atoms with Crippen molar-refractivity contribution in [1.82, 2.24) is 4.98 Å². The molecule has 0 saturated heterocycles. The van der Waals surface area contributed by atoms with Crippen molar-refractivity contribution in [3.05, 3.63) is 56.2 Å². The highest BCUT2D eigenvalue weighted by Crippen LogP contribution is 2.39. The van der Waals surface area contributed by atoms with Crippen LogP contribution in [0, 0.1) is 10.1 Å². The normalized spacial score (nSPS) is 10.5. The molecule has 5 nitrogen and oxygen atoms in total. The summed E-state index contributed by atoms with van der Waals surface area (Å²) < 4.78 is 0. The summed E-state index contributed by atoms with van der Waals surface area (Å²) in [6.07, 6.45) is 1.62. The number of nitro groups is 1. The average Bonchev–Trinajstić information content (AvgIpc) is 2.40. The maximum absolute atomic E-state index is 10.7. The van der Waals surface area contributed by atoms with Crippen LogP contribution >= 0.6 is 35.0 Å². The van der Waals surface area contributed by atoms with Gasteiger partial charge >= 0.3 is 0 Å². The highest BCUT2D eigenvalue weighted by molar-refractivity contribution is 7.98. The van der Waals surface area contributed by atoms with E-state index in [0.717, 1.165) is 5.56 Å². The van der Waals surface area contributed by atoms with Crippen LogP contribution in [0.5, 0.6) is 0 Å². The summed E-state index contributed by atoms with van der Waals surface area (Å²) in [5.41, 5.74) is 6.37. The van der Waals surface area contributed by atoms with Gasteiger partial charge in [0.05, 0.1) is 9.95 Å². The van der Waals surface area contributed by atoms with Gasteiger partial charge in [-0.25, -0.2) is 4.98 Å². The summed E-state index contributed by atoms with van der Waals surface area (Å²) in [6, 6.07) is 6.52. The van der Waals surface area contributed by atoms with E-state index < -0.39 is 4.92 Å². The number of nitrogens with zero attached hydrogens (tertiary/aromatic N) is 2. The Hall–Kier alpha value is -1.50. The Kier molecular flexibility index (Phi) is 4.69. The summed E-state index contributed by atoms with van der Waals surface area (Å²) in [5.74, 6) is 1.05. The summed E-state index contributed by atoms with van der Waals surface area (Å²) in [6.45, 7) is 0. The first-order chi connectivity index (χ1) is 9.49. The molecule has 0 amide bonds. The molecule has 0 aliphatic rings. The molecule has 2 aromatic rings. The summed E-state index contributed by atoms with van der Waals surface area (Å²) in [7, 11) is 0. The molecule has 1 heterocycles. The molecule has 104 valence electrons. The third-order valence-electron chi connectivity index (χ3n) is 2.46. The lowest BCUT2D eigenvalue weighted by atomic mass is 10.3. The first kappa shape index (κ1) is 14.9. The summed E-state index contributed by atoms with van der Waals surface area (Å²) >= 11 is 13.4. The van der Waals surface area contributed by atoms with Crippen molar-refractivity contribution in [1.29, 1.82) is 0 Å². The molecule has 0 fully saturated rings. The smallest absolute Gasteiger partial charge is 0.289 e. The lowest BCUT2D eigenvalue weighted by Gasteiger charge is -2.06. The molecule has 0 saturated carbocycles. The molecule has 0 unspecified atom stereocenters. The number of nitro benzene ring substituents is 1. The Bertz CT molecular complexity index is 667. The number of nitrogen functional groups attached to an aromatic ring is 1. The first-order valence-corrected chi connectivity index (χ1v) is 7.19. The van der Waals surface area contributed by atoms with Crippen LogP contribution in [-0.2, 0) is 5.75 Å². The van der Waals surface area contributed by atoms with E-state index in [9.17, 15) is 10.1 Å². The fraction of sp³-hybridized carbons (Fsp3) is 0.0833. The van der Waals surface area contributed by atoms with E-state index in [-0.39, 0.29) is 15.7 Å². The monoisotopic (exact) mass is 329 g/mol. The minimum Gasteiger partial charge on any atom is -0.384 e. The maximum Gasteiger partial charge on any atom is 0.289 e. The predicted octanol–water partition coefficient (Wildman–Crippen LogP) is 4.17. The van der Waals surface area contributed by atoms with Crippen LogP contribution in [0.25, 0.3) is 0 Å². The molecule has 0 aliphatic heterocycles. The first-order valence-electron chi connectivity index (χ1n) is 5.44. The van der Waals surface area contributed by atoms with Crippen LogP contribution in [-0.4, -0.2) is 9.91 Å². The number of halogens is 2. The summed E-state index contributed by atoms with van der Waals surface area (Å²) in [4.78, 5) is 14.8. The van der Waals surface area contributed by atoms with Crippen molar-refractivity contribution in [2.24, 2.45) is 0 Å². The third kappa shape index (κ3) is 3.33. The second-order valence-electron chi connectivity index (χ2n) is 3.85. The van der Waals surface area contributed by atoms with Crippen molar-refractivity contribution < 1.29 is 4.92 Å². The largest absolute Gasteiger partial charge is 0.384 e. The van der Waals surface area contributed by atoms with Crippen LogP contribution in [0.4, 0.5) is 11.5 Å². The van der Waals surface area contributed by atoms with Gasteiger partial charge in [-0.1, -0.05) is 23.2 Å². The standard InChI is InChI=1S/C12H9Cl2N3O2S/c13-11-8(17(18)19)1-2-9(12(11)14)20-6-7-3-4-16-10(15)5-7/h1-5H,6H2,(H2,15,16). The van der Waals surface area contributed by atoms with Crippen LogP contribution in [0.2, 0.25) is 10.0 Å². The molecule has 8 heteroatoms. The fourth-order valence-corrected chi connectivity index (χ4v) is 3.03. The molecule has 1 aromatic carbocycles. The Morgan fingerprint density at radius 1 is 1.30 bits per heavy atom. The average molecular weight is 330 g/mol. The number of aromatic nitrogens is 1. The van der Waals surface area contributed by atoms with Crippen molar-refractivity contribution in [2.75, 3.05) is 5.73 Å². The van der Waals surface area contributed by atoms with Crippen molar-refractivity contribution in [3.8, 4) is 0 Å². The molecular formula is C12H9Cl2N3O2S. The molecule has 2 rings (SSSR count). The van der Waals surface area contributed by atoms with Gasteiger partial charge in [0.1, 0.15) is 10.8 Å². The number of benzene rings is 1. The van der Waals surface area contributed by atoms with Crippen molar-refractivity contribution in [3.63, 3.8) is 0 Å². The Morgan fingerprint density at radius 3 is 2.70 bits per heavy atom.